The number of piperidine rings is 1. The number of likely N-dealkylation sites (tertiary alicyclic amines) is 1. The highest BCUT2D eigenvalue weighted by molar-refractivity contribution is 5.87. The van der Waals surface area contributed by atoms with E-state index in [0.29, 0.717) is 19.4 Å². The zero-order valence-electron chi connectivity index (χ0n) is 13.5. The average Bonchev–Trinajstić information content (AvgIpc) is 2.46. The summed E-state index contributed by atoms with van der Waals surface area (Å²) >= 11 is 0. The SMILES string of the molecule is CC(C)(C)OC(=O)N1CCC(=NO)CC1Cc1ccccc1. The monoisotopic (exact) mass is 304 g/mol. The highest BCUT2D eigenvalue weighted by Crippen LogP contribution is 2.22. The minimum atomic E-state index is -0.514. The molecule has 1 aliphatic heterocycles. The molecule has 0 spiro atoms. The first-order valence-electron chi connectivity index (χ1n) is 7.62. The number of hydrogen-bond donors (Lipinski definition) is 1. The van der Waals surface area contributed by atoms with Crippen molar-refractivity contribution < 1.29 is 14.7 Å². The zero-order valence-corrected chi connectivity index (χ0v) is 13.5. The van der Waals surface area contributed by atoms with Gasteiger partial charge in [0.25, 0.3) is 0 Å². The third-order valence-corrected chi connectivity index (χ3v) is 3.64. The average molecular weight is 304 g/mol. The van der Waals surface area contributed by atoms with E-state index >= 15 is 0 Å². The molecule has 1 unspecified atom stereocenters. The lowest BCUT2D eigenvalue weighted by Crippen LogP contribution is -2.49. The Morgan fingerprint density at radius 3 is 2.64 bits per heavy atom. The molecular formula is C17H24N2O3. The molecule has 1 aromatic rings. The second-order valence-electron chi connectivity index (χ2n) is 6.64. The van der Waals surface area contributed by atoms with Crippen LogP contribution in [0.15, 0.2) is 35.5 Å². The van der Waals surface area contributed by atoms with E-state index in [1.807, 2.05) is 51.1 Å². The molecule has 2 rings (SSSR count). The van der Waals surface area contributed by atoms with Crippen molar-refractivity contribution in [2.45, 2.75) is 51.7 Å². The molecule has 1 aliphatic rings. The Balaban J connectivity index is 2.13. The maximum Gasteiger partial charge on any atom is 0.410 e. The van der Waals surface area contributed by atoms with Gasteiger partial charge in [-0.15, -0.1) is 0 Å². The lowest BCUT2D eigenvalue weighted by atomic mass is 9.94. The van der Waals surface area contributed by atoms with E-state index in [4.69, 9.17) is 9.94 Å². The number of carbonyl (C=O) groups is 1. The van der Waals surface area contributed by atoms with E-state index in [-0.39, 0.29) is 12.1 Å². The summed E-state index contributed by atoms with van der Waals surface area (Å²) in [6.45, 7) is 6.11. The molecule has 0 aliphatic carbocycles. The summed E-state index contributed by atoms with van der Waals surface area (Å²) in [6.07, 6.45) is 1.58. The maximum atomic E-state index is 12.4. The van der Waals surface area contributed by atoms with Gasteiger partial charge in [0.15, 0.2) is 0 Å². The summed E-state index contributed by atoms with van der Waals surface area (Å²) < 4.78 is 5.50. The Hall–Kier alpha value is -2.04. The molecule has 1 heterocycles. The highest BCUT2D eigenvalue weighted by atomic mass is 16.6. The fraction of sp³-hybridized carbons (Fsp3) is 0.529. The molecule has 5 heteroatoms. The standard InChI is InChI=1S/C17H24N2O3/c1-17(2,3)22-16(20)19-10-9-14(18-21)12-15(19)11-13-7-5-4-6-8-13/h4-8,15,21H,9-12H2,1-3H3. The van der Waals surface area contributed by atoms with Gasteiger partial charge in [0.2, 0.25) is 0 Å². The van der Waals surface area contributed by atoms with Crippen LogP contribution in [0.4, 0.5) is 4.79 Å². The molecule has 1 N–H and O–H groups in total. The number of oxime groups is 1. The quantitative estimate of drug-likeness (QED) is 0.672. The maximum absolute atomic E-state index is 12.4. The summed E-state index contributed by atoms with van der Waals surface area (Å²) in [5.74, 6) is 0. The van der Waals surface area contributed by atoms with Gasteiger partial charge in [-0.1, -0.05) is 35.5 Å². The summed E-state index contributed by atoms with van der Waals surface area (Å²) in [6, 6.07) is 9.97. The first-order valence-corrected chi connectivity index (χ1v) is 7.62. The fourth-order valence-electron chi connectivity index (χ4n) is 2.64. The number of nitrogens with zero attached hydrogens (tertiary/aromatic N) is 2. The van der Waals surface area contributed by atoms with Crippen LogP contribution in [-0.2, 0) is 11.2 Å². The predicted octanol–water partition coefficient (Wildman–Crippen LogP) is 3.46. The molecule has 1 saturated heterocycles. The van der Waals surface area contributed by atoms with Crippen molar-refractivity contribution in [2.24, 2.45) is 5.16 Å². The van der Waals surface area contributed by atoms with Crippen LogP contribution in [0.3, 0.4) is 0 Å². The first kappa shape index (κ1) is 16.3. The van der Waals surface area contributed by atoms with Crippen LogP contribution < -0.4 is 0 Å². The Morgan fingerprint density at radius 1 is 1.36 bits per heavy atom. The summed E-state index contributed by atoms with van der Waals surface area (Å²) in [4.78, 5) is 14.2. The second-order valence-corrected chi connectivity index (χ2v) is 6.64. The lowest BCUT2D eigenvalue weighted by molar-refractivity contribution is 0.0153. The van der Waals surface area contributed by atoms with E-state index in [1.54, 1.807) is 4.90 Å². The molecule has 5 nitrogen and oxygen atoms in total. The minimum Gasteiger partial charge on any atom is -0.444 e. The zero-order chi connectivity index (χ0) is 16.2. The van der Waals surface area contributed by atoms with Crippen molar-refractivity contribution in [3.8, 4) is 0 Å². The first-order chi connectivity index (χ1) is 10.4. The number of carbonyl (C=O) groups excluding carboxylic acids is 1. The smallest absolute Gasteiger partial charge is 0.410 e. The Labute approximate surface area is 131 Å². The molecule has 0 aromatic heterocycles. The molecule has 1 amide bonds. The van der Waals surface area contributed by atoms with Gasteiger partial charge in [-0.2, -0.15) is 0 Å². The van der Waals surface area contributed by atoms with E-state index in [0.717, 1.165) is 17.7 Å². The van der Waals surface area contributed by atoms with Crippen molar-refractivity contribution in [1.29, 1.82) is 0 Å². The van der Waals surface area contributed by atoms with E-state index in [1.165, 1.54) is 0 Å². The number of benzene rings is 1. The molecule has 1 aromatic carbocycles. The van der Waals surface area contributed by atoms with Gasteiger partial charge in [0.05, 0.1) is 5.71 Å². The molecule has 0 radical (unpaired) electrons. The second kappa shape index (κ2) is 6.81. The van der Waals surface area contributed by atoms with Crippen LogP contribution in [0.2, 0.25) is 0 Å². The van der Waals surface area contributed by atoms with Crippen LogP contribution >= 0.6 is 0 Å². The van der Waals surface area contributed by atoms with Gasteiger partial charge in [-0.25, -0.2) is 4.79 Å². The topological polar surface area (TPSA) is 62.1 Å². The normalized spacial score (nSPS) is 21.0. The molecule has 0 bridgehead atoms. The van der Waals surface area contributed by atoms with Gasteiger partial charge in [-0.05, 0) is 32.8 Å². The number of ether oxygens (including phenoxy) is 1. The van der Waals surface area contributed by atoms with Crippen molar-refractivity contribution >= 4 is 11.8 Å². The van der Waals surface area contributed by atoms with E-state index in [2.05, 4.69) is 5.16 Å². The minimum absolute atomic E-state index is 0.0445. The third kappa shape index (κ3) is 4.48. The van der Waals surface area contributed by atoms with E-state index in [9.17, 15) is 4.79 Å². The Bertz CT molecular complexity index is 535. The van der Waals surface area contributed by atoms with Crippen molar-refractivity contribution in [2.75, 3.05) is 6.54 Å². The lowest BCUT2D eigenvalue weighted by Gasteiger charge is -2.37. The molecule has 0 saturated carbocycles. The van der Waals surface area contributed by atoms with Crippen LogP contribution in [0.25, 0.3) is 0 Å². The summed E-state index contributed by atoms with van der Waals surface area (Å²) in [5, 5.41) is 12.4. The van der Waals surface area contributed by atoms with Crippen LogP contribution in [0, 0.1) is 0 Å². The van der Waals surface area contributed by atoms with Crippen molar-refractivity contribution in [3.05, 3.63) is 35.9 Å². The number of hydrogen-bond acceptors (Lipinski definition) is 4. The van der Waals surface area contributed by atoms with Gasteiger partial charge in [0.1, 0.15) is 5.60 Å². The fourth-order valence-corrected chi connectivity index (χ4v) is 2.64. The third-order valence-electron chi connectivity index (χ3n) is 3.64. The summed E-state index contributed by atoms with van der Waals surface area (Å²) in [7, 11) is 0. The summed E-state index contributed by atoms with van der Waals surface area (Å²) in [5.41, 5.74) is 1.38. The van der Waals surface area contributed by atoms with Crippen molar-refractivity contribution in [3.63, 3.8) is 0 Å². The largest absolute Gasteiger partial charge is 0.444 e. The molecule has 1 atom stereocenters. The van der Waals surface area contributed by atoms with Crippen LogP contribution in [-0.4, -0.2) is 40.1 Å². The molecule has 22 heavy (non-hydrogen) atoms. The van der Waals surface area contributed by atoms with Crippen LogP contribution in [0.5, 0.6) is 0 Å². The van der Waals surface area contributed by atoms with Gasteiger partial charge < -0.3 is 14.8 Å². The number of amides is 1. The van der Waals surface area contributed by atoms with Gasteiger partial charge in [-0.3, -0.25) is 0 Å². The highest BCUT2D eigenvalue weighted by Gasteiger charge is 2.32. The van der Waals surface area contributed by atoms with E-state index < -0.39 is 5.60 Å². The van der Waals surface area contributed by atoms with Gasteiger partial charge >= 0.3 is 6.09 Å². The molecular weight excluding hydrogens is 280 g/mol. The number of rotatable bonds is 2. The predicted molar refractivity (Wildman–Crippen MR) is 85.3 cm³/mol. The molecule has 1 fully saturated rings. The van der Waals surface area contributed by atoms with Crippen LogP contribution in [0.1, 0.15) is 39.2 Å². The Kier molecular flexibility index (Phi) is 5.06. The Morgan fingerprint density at radius 2 is 2.05 bits per heavy atom. The van der Waals surface area contributed by atoms with Crippen molar-refractivity contribution in [1.82, 2.24) is 4.90 Å². The molecule has 120 valence electrons. The van der Waals surface area contributed by atoms with Gasteiger partial charge in [0, 0.05) is 25.4 Å².